The number of halogens is 2. The van der Waals surface area contributed by atoms with Crippen LogP contribution < -0.4 is 10.6 Å². The summed E-state index contributed by atoms with van der Waals surface area (Å²) < 4.78 is 34.2. The van der Waals surface area contributed by atoms with Gasteiger partial charge in [-0.05, 0) is 58.6 Å². The van der Waals surface area contributed by atoms with E-state index in [9.17, 15) is 13.6 Å². The van der Waals surface area contributed by atoms with Crippen molar-refractivity contribution in [3.8, 4) is 5.69 Å². The number of nitrogens with zero attached hydrogens (tertiary/aromatic N) is 4. The van der Waals surface area contributed by atoms with Crippen LogP contribution in [0.3, 0.4) is 0 Å². The molecule has 1 amide bonds. The van der Waals surface area contributed by atoms with E-state index in [1.165, 1.54) is 23.1 Å². The second-order valence-electron chi connectivity index (χ2n) is 8.95. The second-order valence-corrected chi connectivity index (χ2v) is 8.95. The monoisotopic (exact) mass is 444 g/mol. The quantitative estimate of drug-likeness (QED) is 0.622. The van der Waals surface area contributed by atoms with Crippen LogP contribution in [0, 0.1) is 11.6 Å². The number of carbonyl (C=O) groups is 1. The van der Waals surface area contributed by atoms with Crippen LogP contribution >= 0.6 is 0 Å². The third-order valence-corrected chi connectivity index (χ3v) is 5.29. The number of hydrogen-bond donors (Lipinski definition) is 2. The maximum atomic E-state index is 14.2. The fourth-order valence-electron chi connectivity index (χ4n) is 3.84. The van der Waals surface area contributed by atoms with E-state index in [1.807, 2.05) is 20.8 Å². The SMILES string of the molecule is CC(C)(C)OC(=O)NC1CCC(Nc2ncnc3c2cnn3-c2ccc(F)cc2F)CC1. The van der Waals surface area contributed by atoms with Crippen molar-refractivity contribution in [1.82, 2.24) is 25.1 Å². The van der Waals surface area contributed by atoms with Crippen molar-refractivity contribution in [2.45, 2.75) is 64.1 Å². The lowest BCUT2D eigenvalue weighted by molar-refractivity contribution is 0.0492. The molecule has 32 heavy (non-hydrogen) atoms. The van der Waals surface area contributed by atoms with Crippen LogP contribution in [0.2, 0.25) is 0 Å². The largest absolute Gasteiger partial charge is 0.444 e. The van der Waals surface area contributed by atoms with Gasteiger partial charge in [0.25, 0.3) is 0 Å². The first-order chi connectivity index (χ1) is 15.2. The van der Waals surface area contributed by atoms with Gasteiger partial charge in [-0.25, -0.2) is 28.2 Å². The number of hydrogen-bond acceptors (Lipinski definition) is 6. The van der Waals surface area contributed by atoms with Crippen LogP contribution in [0.4, 0.5) is 19.4 Å². The van der Waals surface area contributed by atoms with Crippen LogP contribution in [-0.2, 0) is 4.74 Å². The predicted molar refractivity (Wildman–Crippen MR) is 116 cm³/mol. The third kappa shape index (κ3) is 4.95. The lowest BCUT2D eigenvalue weighted by Gasteiger charge is -2.30. The molecule has 1 aromatic carbocycles. The molecule has 10 heteroatoms. The average molecular weight is 444 g/mol. The first-order valence-corrected chi connectivity index (χ1v) is 10.6. The van der Waals surface area contributed by atoms with Crippen molar-refractivity contribution in [3.05, 3.63) is 42.4 Å². The van der Waals surface area contributed by atoms with Crippen molar-refractivity contribution < 1.29 is 18.3 Å². The maximum Gasteiger partial charge on any atom is 0.407 e. The molecule has 1 fully saturated rings. The van der Waals surface area contributed by atoms with Crippen molar-refractivity contribution in [2.24, 2.45) is 0 Å². The average Bonchev–Trinajstić information content (AvgIpc) is 3.13. The summed E-state index contributed by atoms with van der Waals surface area (Å²) in [5.41, 5.74) is 0.00994. The molecule has 8 nitrogen and oxygen atoms in total. The number of amides is 1. The van der Waals surface area contributed by atoms with Gasteiger partial charge >= 0.3 is 6.09 Å². The summed E-state index contributed by atoms with van der Waals surface area (Å²) in [6.07, 6.45) is 5.86. The predicted octanol–water partition coefficient (Wildman–Crippen LogP) is 4.34. The van der Waals surface area contributed by atoms with E-state index in [2.05, 4.69) is 25.7 Å². The maximum absolute atomic E-state index is 14.2. The van der Waals surface area contributed by atoms with E-state index < -0.39 is 23.3 Å². The summed E-state index contributed by atoms with van der Waals surface area (Å²) in [4.78, 5) is 20.6. The lowest BCUT2D eigenvalue weighted by Crippen LogP contribution is -2.42. The van der Waals surface area contributed by atoms with Crippen molar-refractivity contribution >= 4 is 22.9 Å². The first kappa shape index (κ1) is 21.9. The van der Waals surface area contributed by atoms with Gasteiger partial charge < -0.3 is 15.4 Å². The van der Waals surface area contributed by atoms with E-state index in [-0.39, 0.29) is 17.8 Å². The van der Waals surface area contributed by atoms with E-state index in [4.69, 9.17) is 4.74 Å². The summed E-state index contributed by atoms with van der Waals surface area (Å²) in [5.74, 6) is -0.775. The Labute approximate surface area is 184 Å². The Bertz CT molecular complexity index is 1120. The topological polar surface area (TPSA) is 94.0 Å². The van der Waals surface area contributed by atoms with Crippen LogP contribution in [-0.4, -0.2) is 43.5 Å². The molecule has 170 valence electrons. The third-order valence-electron chi connectivity index (χ3n) is 5.29. The van der Waals surface area contributed by atoms with Gasteiger partial charge in [-0.1, -0.05) is 0 Å². The fraction of sp³-hybridized carbons (Fsp3) is 0.455. The zero-order chi connectivity index (χ0) is 22.9. The van der Waals surface area contributed by atoms with Crippen molar-refractivity contribution in [2.75, 3.05) is 5.32 Å². The smallest absolute Gasteiger partial charge is 0.407 e. The molecule has 0 spiro atoms. The Morgan fingerprint density at radius 1 is 1.12 bits per heavy atom. The molecule has 0 unspecified atom stereocenters. The van der Waals surface area contributed by atoms with Gasteiger partial charge in [-0.2, -0.15) is 5.10 Å². The fourth-order valence-corrected chi connectivity index (χ4v) is 3.84. The molecule has 1 aliphatic carbocycles. The van der Waals surface area contributed by atoms with Gasteiger partial charge in [0.1, 0.15) is 29.3 Å². The second kappa shape index (κ2) is 8.68. The van der Waals surface area contributed by atoms with Gasteiger partial charge in [0.15, 0.2) is 11.5 Å². The number of nitrogens with one attached hydrogen (secondary N) is 2. The van der Waals surface area contributed by atoms with E-state index in [0.29, 0.717) is 16.9 Å². The molecule has 1 saturated carbocycles. The number of rotatable bonds is 4. The Balaban J connectivity index is 1.43. The molecule has 0 radical (unpaired) electrons. The summed E-state index contributed by atoms with van der Waals surface area (Å²) in [5, 5.41) is 11.2. The Hall–Kier alpha value is -3.30. The van der Waals surface area contributed by atoms with Gasteiger partial charge in [0, 0.05) is 18.2 Å². The molecule has 0 saturated heterocycles. The van der Waals surface area contributed by atoms with Gasteiger partial charge in [-0.15, -0.1) is 0 Å². The highest BCUT2D eigenvalue weighted by atomic mass is 19.1. The van der Waals surface area contributed by atoms with Crippen LogP contribution in [0.25, 0.3) is 16.7 Å². The number of alkyl carbamates (subject to hydrolysis) is 1. The zero-order valence-electron chi connectivity index (χ0n) is 18.2. The molecular weight excluding hydrogens is 418 g/mol. The number of aromatic nitrogens is 4. The van der Waals surface area contributed by atoms with Crippen molar-refractivity contribution in [3.63, 3.8) is 0 Å². The van der Waals surface area contributed by atoms with Crippen molar-refractivity contribution in [1.29, 1.82) is 0 Å². The highest BCUT2D eigenvalue weighted by molar-refractivity contribution is 5.87. The van der Waals surface area contributed by atoms with Gasteiger partial charge in [-0.3, -0.25) is 0 Å². The van der Waals surface area contributed by atoms with Crippen LogP contribution in [0.1, 0.15) is 46.5 Å². The summed E-state index contributed by atoms with van der Waals surface area (Å²) in [6.45, 7) is 5.51. The molecule has 2 aromatic heterocycles. The van der Waals surface area contributed by atoms with Crippen LogP contribution in [0.5, 0.6) is 0 Å². The summed E-state index contributed by atoms with van der Waals surface area (Å²) in [7, 11) is 0. The van der Waals surface area contributed by atoms with E-state index >= 15 is 0 Å². The molecule has 3 aromatic rings. The Morgan fingerprint density at radius 2 is 1.84 bits per heavy atom. The van der Waals surface area contributed by atoms with E-state index in [0.717, 1.165) is 31.7 Å². The lowest BCUT2D eigenvalue weighted by atomic mass is 9.91. The zero-order valence-corrected chi connectivity index (χ0v) is 18.2. The molecule has 0 bridgehead atoms. The minimum Gasteiger partial charge on any atom is -0.444 e. The van der Waals surface area contributed by atoms with E-state index in [1.54, 1.807) is 6.20 Å². The number of anilines is 1. The minimum atomic E-state index is -0.723. The molecule has 2 heterocycles. The molecule has 0 atom stereocenters. The number of carbonyl (C=O) groups excluding carboxylic acids is 1. The number of benzene rings is 1. The normalized spacial score (nSPS) is 19.0. The first-order valence-electron chi connectivity index (χ1n) is 10.6. The van der Waals surface area contributed by atoms with Gasteiger partial charge in [0.2, 0.25) is 0 Å². The Kier molecular flexibility index (Phi) is 5.94. The summed E-state index contributed by atoms with van der Waals surface area (Å²) >= 11 is 0. The molecule has 2 N–H and O–H groups in total. The molecule has 4 rings (SSSR count). The minimum absolute atomic E-state index is 0.0671. The molecule has 1 aliphatic rings. The highest BCUT2D eigenvalue weighted by Gasteiger charge is 2.25. The van der Waals surface area contributed by atoms with Gasteiger partial charge in [0.05, 0.1) is 11.6 Å². The number of ether oxygens (including phenoxy) is 1. The molecule has 0 aliphatic heterocycles. The standard InChI is InChI=1S/C22H26F2N6O2/c1-22(2,3)32-21(31)29-15-7-5-14(6-8-15)28-19-16-11-27-30(20(16)26-12-25-19)18-9-4-13(23)10-17(18)24/h4,9-12,14-15H,5-8H2,1-3H3,(H,29,31)(H,25,26,28). The van der Waals surface area contributed by atoms with Crippen LogP contribution in [0.15, 0.2) is 30.7 Å². The number of fused-ring (bicyclic) bond motifs is 1. The molecular formula is C22H26F2N6O2. The summed E-state index contributed by atoms with van der Waals surface area (Å²) in [6, 6.07) is 3.54. The Morgan fingerprint density at radius 3 is 2.53 bits per heavy atom. The highest BCUT2D eigenvalue weighted by Crippen LogP contribution is 2.27.